The highest BCUT2D eigenvalue weighted by molar-refractivity contribution is 5.82. The number of esters is 1. The van der Waals surface area contributed by atoms with Gasteiger partial charge in [0.2, 0.25) is 5.91 Å². The van der Waals surface area contributed by atoms with Gasteiger partial charge in [0.1, 0.15) is 11.6 Å². The quantitative estimate of drug-likeness (QED) is 0.461. The van der Waals surface area contributed by atoms with Gasteiger partial charge in [0.15, 0.2) is 0 Å². The number of amides is 1. The fourth-order valence-electron chi connectivity index (χ4n) is 3.84. The van der Waals surface area contributed by atoms with Gasteiger partial charge in [-0.15, -0.1) is 0 Å². The number of fused-ring (bicyclic) bond motifs is 1. The van der Waals surface area contributed by atoms with Crippen LogP contribution in [0.1, 0.15) is 45.0 Å². The molecule has 1 heterocycles. The predicted molar refractivity (Wildman–Crippen MR) is 126 cm³/mol. The molecule has 0 saturated carbocycles. The van der Waals surface area contributed by atoms with Gasteiger partial charge in [-0.3, -0.25) is 19.0 Å². The second-order valence-corrected chi connectivity index (χ2v) is 7.53. The van der Waals surface area contributed by atoms with Crippen molar-refractivity contribution in [3.63, 3.8) is 0 Å². The van der Waals surface area contributed by atoms with E-state index in [1.54, 1.807) is 56.3 Å². The van der Waals surface area contributed by atoms with Crippen LogP contribution < -0.4 is 10.3 Å². The van der Waals surface area contributed by atoms with Crippen LogP contribution >= 0.6 is 0 Å². The third kappa shape index (κ3) is 5.05. The first-order valence-electron chi connectivity index (χ1n) is 11.0. The lowest BCUT2D eigenvalue weighted by molar-refractivity contribution is -0.145. The molecule has 3 aromatic rings. The second kappa shape index (κ2) is 10.8. The lowest BCUT2D eigenvalue weighted by Gasteiger charge is -2.29. The average Bonchev–Trinajstić information content (AvgIpc) is 2.83. The fraction of sp³-hybridized carbons (Fsp3) is 0.360. The van der Waals surface area contributed by atoms with E-state index in [1.807, 2.05) is 25.1 Å². The molecule has 0 radical (unpaired) electrons. The third-order valence-corrected chi connectivity index (χ3v) is 5.52. The van der Waals surface area contributed by atoms with Crippen LogP contribution in [0.2, 0.25) is 0 Å². The summed E-state index contributed by atoms with van der Waals surface area (Å²) in [4.78, 5) is 44.6. The summed E-state index contributed by atoms with van der Waals surface area (Å²) in [6.45, 7) is 3.92. The largest absolute Gasteiger partial charge is 0.495 e. The Morgan fingerprint density at radius 1 is 1.06 bits per heavy atom. The SMILES string of the molecule is CCOC(=O)CCC(=O)N(C)C(CC)c1nc2ccccc2c(=O)n1-c1ccccc1OC. The van der Waals surface area contributed by atoms with Crippen molar-refractivity contribution in [2.24, 2.45) is 0 Å². The molecular weight excluding hydrogens is 422 g/mol. The molecule has 3 rings (SSSR count). The minimum atomic E-state index is -0.498. The number of rotatable bonds is 9. The Hall–Kier alpha value is -3.68. The topological polar surface area (TPSA) is 90.7 Å². The van der Waals surface area contributed by atoms with Crippen LogP contribution in [0.25, 0.3) is 16.6 Å². The van der Waals surface area contributed by atoms with Crippen molar-refractivity contribution in [3.05, 3.63) is 64.7 Å². The second-order valence-electron chi connectivity index (χ2n) is 7.53. The molecule has 0 N–H and O–H groups in total. The number of hydrogen-bond donors (Lipinski definition) is 0. The van der Waals surface area contributed by atoms with Crippen molar-refractivity contribution >= 4 is 22.8 Å². The Kier molecular flexibility index (Phi) is 7.82. The highest BCUT2D eigenvalue weighted by atomic mass is 16.5. The summed E-state index contributed by atoms with van der Waals surface area (Å²) in [6, 6.07) is 13.8. The third-order valence-electron chi connectivity index (χ3n) is 5.52. The number of carbonyl (C=O) groups excluding carboxylic acids is 2. The van der Waals surface area contributed by atoms with Crippen molar-refractivity contribution in [2.75, 3.05) is 20.8 Å². The van der Waals surface area contributed by atoms with Gasteiger partial charge in [-0.25, -0.2) is 4.98 Å². The lowest BCUT2D eigenvalue weighted by Crippen LogP contribution is -2.36. The van der Waals surface area contributed by atoms with E-state index in [0.29, 0.717) is 34.6 Å². The van der Waals surface area contributed by atoms with Crippen LogP contribution in [-0.2, 0) is 14.3 Å². The zero-order chi connectivity index (χ0) is 24.0. The van der Waals surface area contributed by atoms with E-state index < -0.39 is 12.0 Å². The molecule has 0 aliphatic heterocycles. The smallest absolute Gasteiger partial charge is 0.306 e. The van der Waals surface area contributed by atoms with E-state index >= 15 is 0 Å². The molecule has 0 bridgehead atoms. The first kappa shape index (κ1) is 24.0. The summed E-state index contributed by atoms with van der Waals surface area (Å²) in [6.07, 6.45) is 0.526. The number of ether oxygens (including phenoxy) is 2. The summed E-state index contributed by atoms with van der Waals surface area (Å²) in [5.74, 6) is 0.299. The Morgan fingerprint density at radius 2 is 1.76 bits per heavy atom. The van der Waals surface area contributed by atoms with Crippen LogP contribution in [0.15, 0.2) is 53.3 Å². The van der Waals surface area contributed by atoms with E-state index in [1.165, 1.54) is 4.57 Å². The van der Waals surface area contributed by atoms with Gasteiger partial charge in [-0.2, -0.15) is 0 Å². The number of hydrogen-bond acceptors (Lipinski definition) is 6. The monoisotopic (exact) mass is 451 g/mol. The van der Waals surface area contributed by atoms with E-state index in [-0.39, 0.29) is 30.9 Å². The summed E-state index contributed by atoms with van der Waals surface area (Å²) < 4.78 is 12.0. The molecule has 1 atom stereocenters. The Bertz CT molecular complexity index is 1200. The maximum absolute atomic E-state index is 13.6. The lowest BCUT2D eigenvalue weighted by atomic mass is 10.1. The van der Waals surface area contributed by atoms with Crippen LogP contribution in [0.4, 0.5) is 0 Å². The Morgan fingerprint density at radius 3 is 2.45 bits per heavy atom. The molecule has 2 aromatic carbocycles. The molecule has 8 nitrogen and oxygen atoms in total. The number of methoxy groups -OCH3 is 1. The van der Waals surface area contributed by atoms with Crippen molar-refractivity contribution < 1.29 is 19.1 Å². The normalized spacial score (nSPS) is 11.8. The molecule has 8 heteroatoms. The van der Waals surface area contributed by atoms with Gasteiger partial charge in [0.25, 0.3) is 5.56 Å². The highest BCUT2D eigenvalue weighted by Crippen LogP contribution is 2.29. The molecule has 174 valence electrons. The zero-order valence-electron chi connectivity index (χ0n) is 19.4. The van der Waals surface area contributed by atoms with Crippen LogP contribution in [0.5, 0.6) is 5.75 Å². The number of benzene rings is 2. The summed E-state index contributed by atoms with van der Waals surface area (Å²) >= 11 is 0. The zero-order valence-corrected chi connectivity index (χ0v) is 19.4. The first-order chi connectivity index (χ1) is 15.9. The molecule has 0 saturated heterocycles. The molecule has 0 spiro atoms. The Balaban J connectivity index is 2.12. The van der Waals surface area contributed by atoms with Crippen molar-refractivity contribution in [3.8, 4) is 11.4 Å². The van der Waals surface area contributed by atoms with E-state index in [2.05, 4.69) is 0 Å². The van der Waals surface area contributed by atoms with Gasteiger partial charge in [0.05, 0.1) is 42.8 Å². The van der Waals surface area contributed by atoms with Crippen molar-refractivity contribution in [1.29, 1.82) is 0 Å². The molecule has 1 aromatic heterocycles. The van der Waals surface area contributed by atoms with Crippen LogP contribution in [-0.4, -0.2) is 47.1 Å². The number of nitrogens with zero attached hydrogens (tertiary/aromatic N) is 3. The molecule has 0 aliphatic carbocycles. The first-order valence-corrected chi connectivity index (χ1v) is 11.0. The number of carbonyl (C=O) groups is 2. The average molecular weight is 452 g/mol. The van der Waals surface area contributed by atoms with Gasteiger partial charge in [0, 0.05) is 13.5 Å². The summed E-state index contributed by atoms with van der Waals surface area (Å²) in [5.41, 5.74) is 0.851. The van der Waals surface area contributed by atoms with Crippen molar-refractivity contribution in [1.82, 2.24) is 14.5 Å². The number of para-hydroxylation sites is 3. The van der Waals surface area contributed by atoms with E-state index in [9.17, 15) is 14.4 Å². The molecule has 33 heavy (non-hydrogen) atoms. The molecule has 1 amide bonds. The molecule has 0 fully saturated rings. The molecule has 0 aliphatic rings. The fourth-order valence-corrected chi connectivity index (χ4v) is 3.84. The summed E-state index contributed by atoms with van der Waals surface area (Å²) in [5, 5.41) is 0.471. The van der Waals surface area contributed by atoms with Gasteiger partial charge >= 0.3 is 5.97 Å². The van der Waals surface area contributed by atoms with Crippen LogP contribution in [0.3, 0.4) is 0 Å². The Labute approximate surface area is 192 Å². The molecule has 1 unspecified atom stereocenters. The maximum atomic E-state index is 13.6. The summed E-state index contributed by atoms with van der Waals surface area (Å²) in [7, 11) is 3.20. The minimum Gasteiger partial charge on any atom is -0.495 e. The van der Waals surface area contributed by atoms with Crippen molar-refractivity contribution in [2.45, 2.75) is 39.2 Å². The predicted octanol–water partition coefficient (Wildman–Crippen LogP) is 3.65. The van der Waals surface area contributed by atoms with Crippen LogP contribution in [0, 0.1) is 0 Å². The maximum Gasteiger partial charge on any atom is 0.306 e. The molecular formula is C25H29N3O5. The standard InChI is InChI=1S/C25H29N3O5/c1-5-19(27(3)22(29)15-16-23(30)33-6-2)24-26-18-12-8-7-11-17(18)25(31)28(24)20-13-9-10-14-21(20)32-4/h7-14,19H,5-6,15-16H2,1-4H3. The van der Waals surface area contributed by atoms with Gasteiger partial charge < -0.3 is 14.4 Å². The highest BCUT2D eigenvalue weighted by Gasteiger charge is 2.27. The van der Waals surface area contributed by atoms with Gasteiger partial charge in [-0.1, -0.05) is 31.2 Å². The van der Waals surface area contributed by atoms with Gasteiger partial charge in [-0.05, 0) is 37.6 Å². The number of aromatic nitrogens is 2. The van der Waals surface area contributed by atoms with E-state index in [4.69, 9.17) is 14.5 Å². The minimum absolute atomic E-state index is 0.00207. The van der Waals surface area contributed by atoms with E-state index in [0.717, 1.165) is 0 Å².